The molecule has 0 aliphatic carbocycles. The van der Waals surface area contributed by atoms with E-state index in [2.05, 4.69) is 4.90 Å². The van der Waals surface area contributed by atoms with Crippen molar-refractivity contribution >= 4 is 8.80 Å². The Kier molecular flexibility index (Phi) is 9.94. The van der Waals surface area contributed by atoms with Crippen molar-refractivity contribution in [1.29, 1.82) is 0 Å². The van der Waals surface area contributed by atoms with Gasteiger partial charge in [-0.05, 0) is 6.42 Å². The highest BCUT2D eigenvalue weighted by atomic mass is 28.4. The summed E-state index contributed by atoms with van der Waals surface area (Å²) in [5.41, 5.74) is 0. The first-order valence-electron chi connectivity index (χ1n) is 5.53. The maximum Gasteiger partial charge on any atom is 0.500 e. The molecule has 0 aromatic rings. The summed E-state index contributed by atoms with van der Waals surface area (Å²) in [7, 11) is 5.78. The van der Waals surface area contributed by atoms with Crippen LogP contribution in [0.15, 0.2) is 0 Å². The van der Waals surface area contributed by atoms with Crippen molar-refractivity contribution in [3.63, 3.8) is 0 Å². The highest BCUT2D eigenvalue weighted by Crippen LogP contribution is 2.15. The molecule has 0 amide bonds. The second kappa shape index (κ2) is 9.95. The van der Waals surface area contributed by atoms with E-state index in [0.29, 0.717) is 13.5 Å². The second-order valence-corrected chi connectivity index (χ2v) is 6.72. The van der Waals surface area contributed by atoms with Gasteiger partial charge in [0.2, 0.25) is 0 Å². The van der Waals surface area contributed by atoms with Gasteiger partial charge in [-0.2, -0.15) is 0 Å². The highest BCUT2D eigenvalue weighted by Gasteiger charge is 2.36. The zero-order valence-corrected chi connectivity index (χ0v) is 12.5. The molecule has 0 saturated carbocycles. The Balaban J connectivity index is 3.99. The van der Waals surface area contributed by atoms with Crippen LogP contribution in [0.25, 0.3) is 0 Å². The zero-order valence-electron chi connectivity index (χ0n) is 11.5. The van der Waals surface area contributed by atoms with Gasteiger partial charge < -0.3 is 22.8 Å². The summed E-state index contributed by atoms with van der Waals surface area (Å²) in [6.07, 6.45) is 0.911. The van der Waals surface area contributed by atoms with E-state index < -0.39 is 8.80 Å². The number of hydrogen-bond donors (Lipinski definition) is 0. The van der Waals surface area contributed by atoms with Crippen LogP contribution in [0.3, 0.4) is 0 Å². The Hall–Kier alpha value is -0.0231. The number of rotatable bonds is 11. The summed E-state index contributed by atoms with van der Waals surface area (Å²) in [6, 6.07) is 0.778. The van der Waals surface area contributed by atoms with E-state index in [1.165, 1.54) is 0 Å². The Bertz CT molecular complexity index is 166. The normalized spacial score (nSPS) is 12.4. The molecule has 0 bridgehead atoms. The van der Waals surface area contributed by atoms with Gasteiger partial charge >= 0.3 is 8.80 Å². The average Bonchev–Trinajstić information content (AvgIpc) is 2.36. The fraction of sp³-hybridized carbons (Fsp3) is 1.00. The fourth-order valence-electron chi connectivity index (χ4n) is 1.61. The molecule has 0 aliphatic rings. The minimum Gasteiger partial charge on any atom is -0.377 e. The van der Waals surface area contributed by atoms with Crippen LogP contribution in [0.4, 0.5) is 0 Å². The maximum absolute atomic E-state index is 5.35. The lowest BCUT2D eigenvalue weighted by molar-refractivity contribution is -0.0138. The number of ether oxygens (including phenoxy) is 2. The summed E-state index contributed by atoms with van der Waals surface area (Å²) in [4.78, 5) is 2.06. The van der Waals surface area contributed by atoms with Gasteiger partial charge in [0.1, 0.15) is 13.5 Å². The predicted octanol–water partition coefficient (Wildman–Crippen LogP) is 0.764. The number of nitrogens with zero attached hydrogens (tertiary/aromatic N) is 1. The van der Waals surface area contributed by atoms with Gasteiger partial charge in [0.25, 0.3) is 0 Å². The van der Waals surface area contributed by atoms with E-state index in [4.69, 9.17) is 22.8 Å². The molecular weight excluding hydrogens is 242 g/mol. The lowest BCUT2D eigenvalue weighted by Gasteiger charge is -2.26. The minimum atomic E-state index is -2.44. The first-order chi connectivity index (χ1) is 8.17. The van der Waals surface area contributed by atoms with Crippen LogP contribution >= 0.6 is 0 Å². The van der Waals surface area contributed by atoms with Crippen molar-refractivity contribution < 1.29 is 22.8 Å². The average molecular weight is 267 g/mol. The summed E-state index contributed by atoms with van der Waals surface area (Å²) < 4.78 is 26.2. The SMILES string of the molecule is COCN(CCC[Si](OC)(OC)OC)COC. The van der Waals surface area contributed by atoms with Crippen molar-refractivity contribution in [2.45, 2.75) is 12.5 Å². The molecular formula is C10H25NO5Si. The molecule has 0 N–H and O–H groups in total. The van der Waals surface area contributed by atoms with E-state index in [9.17, 15) is 0 Å². The lowest BCUT2D eigenvalue weighted by atomic mass is 10.4. The summed E-state index contributed by atoms with van der Waals surface area (Å²) >= 11 is 0. The Morgan fingerprint density at radius 2 is 1.29 bits per heavy atom. The Morgan fingerprint density at radius 3 is 1.65 bits per heavy atom. The molecule has 7 heteroatoms. The summed E-state index contributed by atoms with van der Waals surface area (Å²) in [5, 5.41) is 0. The van der Waals surface area contributed by atoms with Crippen LogP contribution in [0.5, 0.6) is 0 Å². The molecule has 17 heavy (non-hydrogen) atoms. The molecule has 0 radical (unpaired) electrons. The van der Waals surface area contributed by atoms with Gasteiger partial charge in [0.15, 0.2) is 0 Å². The molecule has 0 spiro atoms. The molecule has 0 aromatic carbocycles. The molecule has 0 aromatic heterocycles. The minimum absolute atomic E-state index is 0.551. The smallest absolute Gasteiger partial charge is 0.377 e. The number of methoxy groups -OCH3 is 2. The maximum atomic E-state index is 5.35. The molecule has 0 fully saturated rings. The van der Waals surface area contributed by atoms with Gasteiger partial charge in [-0.15, -0.1) is 0 Å². The van der Waals surface area contributed by atoms with Crippen LogP contribution in [0, 0.1) is 0 Å². The number of hydrogen-bond acceptors (Lipinski definition) is 6. The topological polar surface area (TPSA) is 49.4 Å². The van der Waals surface area contributed by atoms with Crippen molar-refractivity contribution in [2.75, 3.05) is 55.6 Å². The van der Waals surface area contributed by atoms with Gasteiger partial charge in [-0.3, -0.25) is 4.90 Å². The predicted molar refractivity (Wildman–Crippen MR) is 66.7 cm³/mol. The third-order valence-corrected chi connectivity index (χ3v) is 5.35. The zero-order chi connectivity index (χ0) is 13.1. The van der Waals surface area contributed by atoms with Crippen LogP contribution in [-0.2, 0) is 22.8 Å². The third kappa shape index (κ3) is 6.46. The third-order valence-electron chi connectivity index (χ3n) is 2.51. The molecule has 104 valence electrons. The molecule has 0 rings (SSSR count). The second-order valence-electron chi connectivity index (χ2n) is 3.63. The quantitative estimate of drug-likeness (QED) is 0.407. The fourth-order valence-corrected chi connectivity index (χ4v) is 3.31. The Labute approximate surface area is 105 Å². The van der Waals surface area contributed by atoms with E-state index in [-0.39, 0.29) is 0 Å². The van der Waals surface area contributed by atoms with Crippen LogP contribution in [0.2, 0.25) is 6.04 Å². The molecule has 0 saturated heterocycles. The van der Waals surface area contributed by atoms with Gasteiger partial charge in [-0.1, -0.05) is 0 Å². The van der Waals surface area contributed by atoms with Crippen LogP contribution in [-0.4, -0.2) is 69.3 Å². The lowest BCUT2D eigenvalue weighted by Crippen LogP contribution is -2.43. The van der Waals surface area contributed by atoms with E-state index >= 15 is 0 Å². The first-order valence-corrected chi connectivity index (χ1v) is 7.47. The van der Waals surface area contributed by atoms with Crippen molar-refractivity contribution in [1.82, 2.24) is 4.90 Å². The standard InChI is InChI=1S/C10H25NO5Si/c1-12-9-11(10-13-2)7-6-8-17(14-3,15-4)16-5/h6-10H2,1-5H3. The van der Waals surface area contributed by atoms with E-state index in [1.54, 1.807) is 35.5 Å². The van der Waals surface area contributed by atoms with Gasteiger partial charge in [0, 0.05) is 48.1 Å². The van der Waals surface area contributed by atoms with Crippen molar-refractivity contribution in [3.05, 3.63) is 0 Å². The summed E-state index contributed by atoms with van der Waals surface area (Å²) in [6.45, 7) is 1.96. The molecule has 6 nitrogen and oxygen atoms in total. The Morgan fingerprint density at radius 1 is 0.824 bits per heavy atom. The van der Waals surface area contributed by atoms with Gasteiger partial charge in [-0.25, -0.2) is 0 Å². The van der Waals surface area contributed by atoms with Crippen molar-refractivity contribution in [3.8, 4) is 0 Å². The molecule has 0 unspecified atom stereocenters. The molecule has 0 aliphatic heterocycles. The van der Waals surface area contributed by atoms with E-state index in [0.717, 1.165) is 19.0 Å². The van der Waals surface area contributed by atoms with Crippen molar-refractivity contribution in [2.24, 2.45) is 0 Å². The molecule has 0 atom stereocenters. The van der Waals surface area contributed by atoms with E-state index in [1.807, 2.05) is 0 Å². The monoisotopic (exact) mass is 267 g/mol. The van der Waals surface area contributed by atoms with Crippen LogP contribution < -0.4 is 0 Å². The van der Waals surface area contributed by atoms with Gasteiger partial charge in [0.05, 0.1) is 0 Å². The molecule has 0 heterocycles. The first kappa shape index (κ1) is 17.0. The summed E-state index contributed by atoms with van der Waals surface area (Å²) in [5.74, 6) is 0. The van der Waals surface area contributed by atoms with Crippen LogP contribution in [0.1, 0.15) is 6.42 Å². The largest absolute Gasteiger partial charge is 0.500 e. The highest BCUT2D eigenvalue weighted by molar-refractivity contribution is 6.60.